The number of amides is 1. The Bertz CT molecular complexity index is 910. The number of fused-ring (bicyclic) bond motifs is 3. The Kier molecular flexibility index (Phi) is 3.90. The zero-order chi connectivity index (χ0) is 16.7. The van der Waals surface area contributed by atoms with E-state index in [0.717, 1.165) is 26.6 Å². The van der Waals surface area contributed by atoms with Crippen LogP contribution in [0.2, 0.25) is 0 Å². The lowest BCUT2D eigenvalue weighted by Crippen LogP contribution is -2.25. The summed E-state index contributed by atoms with van der Waals surface area (Å²) in [6.45, 7) is 3.27. The molecule has 4 rings (SSSR count). The summed E-state index contributed by atoms with van der Waals surface area (Å²) in [5.74, 6) is 0.966. The summed E-state index contributed by atoms with van der Waals surface area (Å²) in [4.78, 5) is 17.8. The molecule has 0 N–H and O–H groups in total. The predicted molar refractivity (Wildman–Crippen MR) is 98.9 cm³/mol. The number of hydrogen-bond acceptors (Lipinski definition) is 4. The molecule has 0 aliphatic carbocycles. The third-order valence-corrected chi connectivity index (χ3v) is 6.44. The number of nitrogens with zero attached hydrogens (tertiary/aromatic N) is 1. The van der Waals surface area contributed by atoms with Gasteiger partial charge >= 0.3 is 0 Å². The first-order chi connectivity index (χ1) is 11.6. The molecule has 1 amide bonds. The second-order valence-corrected chi connectivity index (χ2v) is 7.99. The standard InChI is InChI=1S/C19H17NO2S2/c1-12-7-8-23-17(12)10-20(2)19(21)16-9-13-11-22-15-6-4-3-5-14(15)18(13)24-16/h3-9H,10-11H2,1-2H3. The number of thiophene rings is 2. The topological polar surface area (TPSA) is 29.5 Å². The molecule has 0 spiro atoms. The summed E-state index contributed by atoms with van der Waals surface area (Å²) in [6, 6.07) is 12.1. The Morgan fingerprint density at radius 3 is 2.92 bits per heavy atom. The molecule has 3 aromatic rings. The number of hydrogen-bond donors (Lipinski definition) is 0. The van der Waals surface area contributed by atoms with Gasteiger partial charge in [0, 0.05) is 27.9 Å². The maximum Gasteiger partial charge on any atom is 0.264 e. The minimum atomic E-state index is 0.0691. The summed E-state index contributed by atoms with van der Waals surface area (Å²) in [5.41, 5.74) is 3.43. The van der Waals surface area contributed by atoms with E-state index >= 15 is 0 Å². The zero-order valence-corrected chi connectivity index (χ0v) is 15.2. The number of carbonyl (C=O) groups excluding carboxylic acids is 1. The van der Waals surface area contributed by atoms with Crippen molar-refractivity contribution < 1.29 is 9.53 Å². The Labute approximate surface area is 149 Å². The van der Waals surface area contributed by atoms with E-state index < -0.39 is 0 Å². The Hall–Kier alpha value is -2.11. The fourth-order valence-corrected chi connectivity index (χ4v) is 5.00. The van der Waals surface area contributed by atoms with Gasteiger partial charge in [-0.2, -0.15) is 0 Å². The third-order valence-electron chi connectivity index (χ3n) is 4.23. The van der Waals surface area contributed by atoms with E-state index in [0.29, 0.717) is 13.2 Å². The molecule has 1 aliphatic heterocycles. The molecule has 122 valence electrons. The quantitative estimate of drug-likeness (QED) is 0.665. The molecule has 0 bridgehead atoms. The van der Waals surface area contributed by atoms with E-state index in [4.69, 9.17) is 4.74 Å². The Morgan fingerprint density at radius 1 is 1.29 bits per heavy atom. The molecule has 0 radical (unpaired) electrons. The molecule has 3 nitrogen and oxygen atoms in total. The van der Waals surface area contributed by atoms with Gasteiger partial charge in [-0.05, 0) is 42.1 Å². The smallest absolute Gasteiger partial charge is 0.264 e. The molecular weight excluding hydrogens is 338 g/mol. The molecule has 0 saturated heterocycles. The van der Waals surface area contributed by atoms with Gasteiger partial charge < -0.3 is 9.64 Å². The molecular formula is C19H17NO2S2. The lowest BCUT2D eigenvalue weighted by atomic mass is 10.1. The van der Waals surface area contributed by atoms with Crippen molar-refractivity contribution >= 4 is 28.6 Å². The van der Waals surface area contributed by atoms with Crippen LogP contribution in [0.15, 0.2) is 41.8 Å². The number of ether oxygens (including phenoxy) is 1. The molecule has 1 aliphatic rings. The van der Waals surface area contributed by atoms with Crippen LogP contribution in [0.25, 0.3) is 10.4 Å². The van der Waals surface area contributed by atoms with Crippen molar-refractivity contribution in [1.29, 1.82) is 0 Å². The van der Waals surface area contributed by atoms with Crippen LogP contribution < -0.4 is 4.74 Å². The Balaban J connectivity index is 1.61. The van der Waals surface area contributed by atoms with Crippen LogP contribution in [-0.4, -0.2) is 17.9 Å². The highest BCUT2D eigenvalue weighted by Crippen LogP contribution is 2.42. The SMILES string of the molecule is Cc1ccsc1CN(C)C(=O)c1cc2c(s1)-c1ccccc1OC2. The number of rotatable bonds is 3. The van der Waals surface area contributed by atoms with Crippen LogP contribution in [-0.2, 0) is 13.2 Å². The molecule has 1 aromatic carbocycles. The van der Waals surface area contributed by atoms with Crippen molar-refractivity contribution in [2.24, 2.45) is 0 Å². The van der Waals surface area contributed by atoms with Crippen molar-refractivity contribution in [3.05, 3.63) is 62.7 Å². The minimum Gasteiger partial charge on any atom is -0.488 e. The van der Waals surface area contributed by atoms with E-state index in [-0.39, 0.29) is 5.91 Å². The zero-order valence-electron chi connectivity index (χ0n) is 13.5. The number of para-hydroxylation sites is 1. The van der Waals surface area contributed by atoms with Gasteiger partial charge in [-0.25, -0.2) is 0 Å². The van der Waals surface area contributed by atoms with Crippen LogP contribution >= 0.6 is 22.7 Å². The first-order valence-corrected chi connectivity index (χ1v) is 9.46. The van der Waals surface area contributed by atoms with E-state index in [1.165, 1.54) is 10.4 Å². The van der Waals surface area contributed by atoms with Gasteiger partial charge in [-0.1, -0.05) is 12.1 Å². The van der Waals surface area contributed by atoms with E-state index in [9.17, 15) is 4.79 Å². The normalized spacial score (nSPS) is 12.2. The number of benzene rings is 1. The monoisotopic (exact) mass is 355 g/mol. The Morgan fingerprint density at radius 2 is 2.12 bits per heavy atom. The second kappa shape index (κ2) is 6.07. The highest BCUT2D eigenvalue weighted by Gasteiger charge is 2.24. The van der Waals surface area contributed by atoms with Gasteiger partial charge in [0.15, 0.2) is 0 Å². The van der Waals surface area contributed by atoms with Gasteiger partial charge in [-0.15, -0.1) is 22.7 Å². The maximum atomic E-state index is 12.8. The van der Waals surface area contributed by atoms with Gasteiger partial charge in [0.2, 0.25) is 0 Å². The first-order valence-electron chi connectivity index (χ1n) is 7.77. The average Bonchev–Trinajstić information content (AvgIpc) is 3.20. The van der Waals surface area contributed by atoms with Gasteiger partial charge in [0.25, 0.3) is 5.91 Å². The van der Waals surface area contributed by atoms with Crippen LogP contribution in [0.3, 0.4) is 0 Å². The predicted octanol–water partition coefficient (Wildman–Crippen LogP) is 4.95. The summed E-state index contributed by atoms with van der Waals surface area (Å²) >= 11 is 3.26. The summed E-state index contributed by atoms with van der Waals surface area (Å²) < 4.78 is 5.79. The summed E-state index contributed by atoms with van der Waals surface area (Å²) in [5, 5.41) is 2.07. The maximum absolute atomic E-state index is 12.8. The van der Waals surface area contributed by atoms with Crippen LogP contribution in [0.4, 0.5) is 0 Å². The van der Waals surface area contributed by atoms with Crippen molar-refractivity contribution in [2.45, 2.75) is 20.1 Å². The van der Waals surface area contributed by atoms with Crippen LogP contribution in [0.1, 0.15) is 25.7 Å². The van der Waals surface area contributed by atoms with Crippen LogP contribution in [0, 0.1) is 6.92 Å². The van der Waals surface area contributed by atoms with E-state index in [1.54, 1.807) is 27.6 Å². The fourth-order valence-electron chi connectivity index (χ4n) is 2.85. The van der Waals surface area contributed by atoms with E-state index in [1.807, 2.05) is 31.3 Å². The first kappa shape index (κ1) is 15.4. The molecule has 3 heterocycles. The largest absolute Gasteiger partial charge is 0.488 e. The average molecular weight is 355 g/mol. The van der Waals surface area contributed by atoms with Crippen LogP contribution in [0.5, 0.6) is 5.75 Å². The molecule has 0 unspecified atom stereocenters. The highest BCUT2D eigenvalue weighted by molar-refractivity contribution is 7.17. The molecule has 0 fully saturated rings. The number of aryl methyl sites for hydroxylation is 1. The second-order valence-electron chi connectivity index (χ2n) is 5.94. The van der Waals surface area contributed by atoms with Gasteiger partial charge in [0.1, 0.15) is 12.4 Å². The fraction of sp³-hybridized carbons (Fsp3) is 0.211. The summed E-state index contributed by atoms with van der Waals surface area (Å²) in [6.07, 6.45) is 0. The molecule has 0 saturated carbocycles. The minimum absolute atomic E-state index is 0.0691. The van der Waals surface area contributed by atoms with Crippen molar-refractivity contribution in [2.75, 3.05) is 7.05 Å². The molecule has 5 heteroatoms. The third kappa shape index (κ3) is 2.64. The highest BCUT2D eigenvalue weighted by atomic mass is 32.1. The number of carbonyl (C=O) groups is 1. The lowest BCUT2D eigenvalue weighted by Gasteiger charge is -2.16. The molecule has 2 aromatic heterocycles. The molecule has 0 atom stereocenters. The van der Waals surface area contributed by atoms with Crippen molar-refractivity contribution in [1.82, 2.24) is 4.90 Å². The van der Waals surface area contributed by atoms with E-state index in [2.05, 4.69) is 24.4 Å². The van der Waals surface area contributed by atoms with Crippen molar-refractivity contribution in [3.63, 3.8) is 0 Å². The lowest BCUT2D eigenvalue weighted by molar-refractivity contribution is 0.0791. The van der Waals surface area contributed by atoms with Gasteiger partial charge in [-0.3, -0.25) is 4.79 Å². The molecule has 24 heavy (non-hydrogen) atoms. The van der Waals surface area contributed by atoms with Crippen molar-refractivity contribution in [3.8, 4) is 16.2 Å². The summed E-state index contributed by atoms with van der Waals surface area (Å²) in [7, 11) is 1.87. The van der Waals surface area contributed by atoms with Gasteiger partial charge in [0.05, 0.1) is 11.4 Å².